The molecule has 1 aliphatic rings. The van der Waals surface area contributed by atoms with Crippen LogP contribution in [0.5, 0.6) is 0 Å². The number of hydrogen-bond donors (Lipinski definition) is 1. The lowest BCUT2D eigenvalue weighted by Crippen LogP contribution is -2.53. The van der Waals surface area contributed by atoms with Crippen molar-refractivity contribution in [3.63, 3.8) is 0 Å². The van der Waals surface area contributed by atoms with Crippen LogP contribution in [0.1, 0.15) is 25.0 Å². The van der Waals surface area contributed by atoms with Gasteiger partial charge < -0.3 is 4.90 Å². The van der Waals surface area contributed by atoms with Crippen molar-refractivity contribution < 1.29 is 9.59 Å². The van der Waals surface area contributed by atoms with Gasteiger partial charge in [-0.25, -0.2) is 4.79 Å². The van der Waals surface area contributed by atoms with Gasteiger partial charge in [-0.3, -0.25) is 10.1 Å². The van der Waals surface area contributed by atoms with E-state index in [0.717, 1.165) is 12.0 Å². The molecule has 1 aromatic rings. The summed E-state index contributed by atoms with van der Waals surface area (Å²) in [4.78, 5) is 24.8. The zero-order valence-corrected chi connectivity index (χ0v) is 10.8. The Morgan fingerprint density at radius 2 is 1.94 bits per heavy atom. The molecular formula is C14H18N2O2. The molecule has 1 saturated heterocycles. The smallest absolute Gasteiger partial charge is 0.319 e. The van der Waals surface area contributed by atoms with Crippen molar-refractivity contribution in [1.82, 2.24) is 10.2 Å². The highest BCUT2D eigenvalue weighted by molar-refractivity contribution is 5.97. The number of nitrogens with one attached hydrogen (secondary N) is 1. The van der Waals surface area contributed by atoms with Gasteiger partial charge in [-0.2, -0.15) is 0 Å². The van der Waals surface area contributed by atoms with Gasteiger partial charge >= 0.3 is 6.03 Å². The van der Waals surface area contributed by atoms with Crippen LogP contribution in [0.3, 0.4) is 0 Å². The van der Waals surface area contributed by atoms with Crippen molar-refractivity contribution in [3.8, 4) is 0 Å². The maximum absolute atomic E-state index is 11.7. The number of nitrogens with zero attached hydrogens (tertiary/aromatic N) is 1. The van der Waals surface area contributed by atoms with Gasteiger partial charge in [-0.05, 0) is 17.5 Å². The van der Waals surface area contributed by atoms with Gasteiger partial charge in [-0.15, -0.1) is 0 Å². The zero-order valence-electron chi connectivity index (χ0n) is 10.8. The number of imide groups is 1. The second kappa shape index (κ2) is 5.21. The lowest BCUT2D eigenvalue weighted by molar-refractivity contribution is -0.125. The number of rotatable bonds is 3. The largest absolute Gasteiger partial charge is 0.324 e. The predicted molar refractivity (Wildman–Crippen MR) is 68.9 cm³/mol. The molecule has 4 heteroatoms. The number of urea groups is 1. The molecule has 0 aliphatic carbocycles. The summed E-state index contributed by atoms with van der Waals surface area (Å²) in [6.45, 7) is 4.98. The van der Waals surface area contributed by atoms with E-state index in [4.69, 9.17) is 0 Å². The summed E-state index contributed by atoms with van der Waals surface area (Å²) in [5.74, 6) is -0.323. The van der Waals surface area contributed by atoms with Crippen LogP contribution < -0.4 is 5.32 Å². The van der Waals surface area contributed by atoms with Gasteiger partial charge in [0.05, 0.1) is 5.92 Å². The third-order valence-corrected chi connectivity index (χ3v) is 3.32. The van der Waals surface area contributed by atoms with Gasteiger partial charge in [0.15, 0.2) is 0 Å². The van der Waals surface area contributed by atoms with Gasteiger partial charge in [0, 0.05) is 13.1 Å². The second-order valence-corrected chi connectivity index (χ2v) is 4.70. The lowest BCUT2D eigenvalue weighted by Gasteiger charge is -2.30. The topological polar surface area (TPSA) is 49.4 Å². The molecule has 0 bridgehead atoms. The monoisotopic (exact) mass is 246 g/mol. The van der Waals surface area contributed by atoms with Crippen molar-refractivity contribution in [1.29, 1.82) is 0 Å². The zero-order chi connectivity index (χ0) is 13.1. The molecule has 18 heavy (non-hydrogen) atoms. The van der Waals surface area contributed by atoms with Crippen molar-refractivity contribution in [2.75, 3.05) is 6.54 Å². The average Bonchev–Trinajstić information content (AvgIpc) is 2.36. The van der Waals surface area contributed by atoms with Gasteiger partial charge in [0.25, 0.3) is 0 Å². The highest BCUT2D eigenvalue weighted by Crippen LogP contribution is 2.15. The Hall–Kier alpha value is -1.84. The Labute approximate surface area is 107 Å². The Morgan fingerprint density at radius 1 is 1.28 bits per heavy atom. The van der Waals surface area contributed by atoms with Gasteiger partial charge in [0.2, 0.25) is 5.91 Å². The van der Waals surface area contributed by atoms with E-state index < -0.39 is 0 Å². The van der Waals surface area contributed by atoms with Gasteiger partial charge in [-0.1, -0.05) is 38.1 Å². The molecule has 0 aromatic heterocycles. The SMILES string of the molecule is CCc1ccccc1CN1CC(C)C(=O)NC1=O. The Morgan fingerprint density at radius 3 is 2.61 bits per heavy atom. The number of carbonyl (C=O) groups excluding carboxylic acids is 2. The number of benzene rings is 1. The molecule has 1 aliphatic heterocycles. The number of carbonyl (C=O) groups is 2. The maximum Gasteiger partial charge on any atom is 0.324 e. The molecule has 0 radical (unpaired) electrons. The first-order valence-corrected chi connectivity index (χ1v) is 6.28. The fourth-order valence-electron chi connectivity index (χ4n) is 2.20. The van der Waals surface area contributed by atoms with E-state index >= 15 is 0 Å². The van der Waals surface area contributed by atoms with Crippen molar-refractivity contribution in [2.45, 2.75) is 26.8 Å². The van der Waals surface area contributed by atoms with Crippen LogP contribution in [0.25, 0.3) is 0 Å². The van der Waals surface area contributed by atoms with Crippen LogP contribution >= 0.6 is 0 Å². The lowest BCUT2D eigenvalue weighted by atomic mass is 10.0. The summed E-state index contributed by atoms with van der Waals surface area (Å²) in [7, 11) is 0. The Kier molecular flexibility index (Phi) is 3.65. The summed E-state index contributed by atoms with van der Waals surface area (Å²) in [5.41, 5.74) is 2.39. The Bertz CT molecular complexity index is 471. The van der Waals surface area contributed by atoms with Crippen LogP contribution in [-0.4, -0.2) is 23.4 Å². The summed E-state index contributed by atoms with van der Waals surface area (Å²) < 4.78 is 0. The van der Waals surface area contributed by atoms with Crippen LogP contribution in [0.4, 0.5) is 4.79 Å². The van der Waals surface area contributed by atoms with Gasteiger partial charge in [0.1, 0.15) is 0 Å². The van der Waals surface area contributed by atoms with E-state index in [-0.39, 0.29) is 17.9 Å². The molecule has 1 heterocycles. The molecule has 4 nitrogen and oxygen atoms in total. The number of amides is 3. The fourth-order valence-corrected chi connectivity index (χ4v) is 2.20. The van der Waals surface area contributed by atoms with E-state index in [1.54, 1.807) is 4.90 Å². The highest BCUT2D eigenvalue weighted by Gasteiger charge is 2.29. The van der Waals surface area contributed by atoms with E-state index in [9.17, 15) is 9.59 Å². The molecule has 1 fully saturated rings. The molecule has 1 unspecified atom stereocenters. The number of aryl methyl sites for hydroxylation is 1. The van der Waals surface area contributed by atoms with Crippen LogP contribution in [0, 0.1) is 5.92 Å². The van der Waals surface area contributed by atoms with E-state index in [0.29, 0.717) is 13.1 Å². The van der Waals surface area contributed by atoms with E-state index in [1.165, 1.54) is 5.56 Å². The third-order valence-electron chi connectivity index (χ3n) is 3.32. The summed E-state index contributed by atoms with van der Waals surface area (Å²) in [6, 6.07) is 7.80. The fraction of sp³-hybridized carbons (Fsp3) is 0.429. The highest BCUT2D eigenvalue weighted by atomic mass is 16.2. The minimum atomic E-state index is -0.288. The minimum absolute atomic E-state index is 0.142. The van der Waals surface area contributed by atoms with E-state index in [2.05, 4.69) is 18.3 Å². The molecule has 0 spiro atoms. The molecule has 1 N–H and O–H groups in total. The first-order valence-electron chi connectivity index (χ1n) is 6.28. The molecule has 1 atom stereocenters. The minimum Gasteiger partial charge on any atom is -0.319 e. The number of hydrogen-bond acceptors (Lipinski definition) is 2. The average molecular weight is 246 g/mol. The summed E-state index contributed by atoms with van der Waals surface area (Å²) >= 11 is 0. The normalized spacial score (nSPS) is 19.9. The molecule has 96 valence electrons. The molecule has 2 rings (SSSR count). The predicted octanol–water partition coefficient (Wildman–Crippen LogP) is 1.94. The third kappa shape index (κ3) is 2.53. The molecule has 1 aromatic carbocycles. The Balaban J connectivity index is 2.13. The van der Waals surface area contributed by atoms with Crippen molar-refractivity contribution >= 4 is 11.9 Å². The van der Waals surface area contributed by atoms with Crippen LogP contribution in [-0.2, 0) is 17.8 Å². The quantitative estimate of drug-likeness (QED) is 0.886. The molecule has 3 amide bonds. The first-order chi connectivity index (χ1) is 8.61. The van der Waals surface area contributed by atoms with Crippen molar-refractivity contribution in [2.24, 2.45) is 5.92 Å². The maximum atomic E-state index is 11.7. The molecular weight excluding hydrogens is 228 g/mol. The van der Waals surface area contributed by atoms with Crippen molar-refractivity contribution in [3.05, 3.63) is 35.4 Å². The standard InChI is InChI=1S/C14H18N2O2/c1-3-11-6-4-5-7-12(11)9-16-8-10(2)13(17)15-14(16)18/h4-7,10H,3,8-9H2,1-2H3,(H,15,17,18). The van der Waals surface area contributed by atoms with Crippen LogP contribution in [0.15, 0.2) is 24.3 Å². The first kappa shape index (κ1) is 12.6. The van der Waals surface area contributed by atoms with Crippen LogP contribution in [0.2, 0.25) is 0 Å². The summed E-state index contributed by atoms with van der Waals surface area (Å²) in [5, 5.41) is 2.38. The van der Waals surface area contributed by atoms with E-state index in [1.807, 2.05) is 25.1 Å². The second-order valence-electron chi connectivity index (χ2n) is 4.70. The molecule has 0 saturated carbocycles. The summed E-state index contributed by atoms with van der Waals surface area (Å²) in [6.07, 6.45) is 0.945.